The van der Waals surface area contributed by atoms with Gasteiger partial charge >= 0.3 is 0 Å². The fourth-order valence-electron chi connectivity index (χ4n) is 0.500. The molecule has 0 aromatic rings. The molecule has 0 aliphatic heterocycles. The Morgan fingerprint density at radius 3 is 0.900 bits per heavy atom. The van der Waals surface area contributed by atoms with Crippen molar-refractivity contribution in [1.29, 1.82) is 0 Å². The highest BCUT2D eigenvalue weighted by molar-refractivity contribution is 5.85. The van der Waals surface area contributed by atoms with Gasteiger partial charge in [-0.15, -0.1) is 12.4 Å². The zero-order chi connectivity index (χ0) is 7.33. The smallest absolute Gasteiger partial charge is 0.0193 e. The largest absolute Gasteiger partial charge is 0.330 e. The van der Waals surface area contributed by atoms with Crippen LogP contribution in [0.25, 0.3) is 0 Å². The molecule has 0 atom stereocenters. The molecule has 5 heteroatoms. The molecule has 0 bridgehead atoms. The SMILES string of the molecule is Cl.NCC(CN)(CN)CN. The maximum Gasteiger partial charge on any atom is 0.0193 e. The molecule has 0 rings (SSSR count). The Bertz CT molecular complexity index is 56.5. The van der Waals surface area contributed by atoms with Crippen molar-refractivity contribution in [1.82, 2.24) is 0 Å². The van der Waals surface area contributed by atoms with Crippen LogP contribution in [0.3, 0.4) is 0 Å². The van der Waals surface area contributed by atoms with Crippen LogP contribution < -0.4 is 22.9 Å². The molecule has 0 aromatic carbocycles. The molecular formula is C5H17ClN4. The van der Waals surface area contributed by atoms with Gasteiger partial charge in [-0.1, -0.05) is 0 Å². The number of hydrogen-bond donors (Lipinski definition) is 4. The van der Waals surface area contributed by atoms with Crippen LogP contribution in [0.15, 0.2) is 0 Å². The normalized spacial score (nSPS) is 10.8. The molecule has 0 heterocycles. The number of halogens is 1. The van der Waals surface area contributed by atoms with Crippen molar-refractivity contribution in [3.8, 4) is 0 Å². The van der Waals surface area contributed by atoms with Gasteiger partial charge < -0.3 is 22.9 Å². The molecule has 8 N–H and O–H groups in total. The Morgan fingerprint density at radius 2 is 0.900 bits per heavy atom. The van der Waals surface area contributed by atoms with Gasteiger partial charge in [-0.2, -0.15) is 0 Å². The third kappa shape index (κ3) is 2.81. The summed E-state index contributed by atoms with van der Waals surface area (Å²) in [7, 11) is 0. The molecule has 4 nitrogen and oxygen atoms in total. The maximum absolute atomic E-state index is 5.40. The van der Waals surface area contributed by atoms with Crippen LogP contribution in [0.2, 0.25) is 0 Å². The minimum absolute atomic E-state index is 0. The zero-order valence-electron chi connectivity index (χ0n) is 6.05. The average Bonchev–Trinajstić information content (AvgIpc) is 1.95. The highest BCUT2D eigenvalue weighted by atomic mass is 35.5. The number of rotatable bonds is 4. The van der Waals surface area contributed by atoms with E-state index in [2.05, 4.69) is 0 Å². The van der Waals surface area contributed by atoms with Crippen molar-refractivity contribution in [2.45, 2.75) is 0 Å². The molecule has 0 aliphatic rings. The first-order valence-corrected chi connectivity index (χ1v) is 3.05. The molecule has 0 amide bonds. The Labute approximate surface area is 67.7 Å². The summed E-state index contributed by atoms with van der Waals surface area (Å²) in [5.41, 5.74) is 21.4. The Hall–Kier alpha value is 0.130. The molecule has 0 spiro atoms. The zero-order valence-corrected chi connectivity index (χ0v) is 6.86. The molecule has 64 valence electrons. The number of hydrogen-bond acceptors (Lipinski definition) is 4. The number of nitrogens with two attached hydrogens (primary N) is 4. The lowest BCUT2D eigenvalue weighted by Crippen LogP contribution is -2.49. The van der Waals surface area contributed by atoms with E-state index in [1.165, 1.54) is 0 Å². The first-order chi connectivity index (χ1) is 4.24. The van der Waals surface area contributed by atoms with Gasteiger partial charge in [-0.25, -0.2) is 0 Å². The van der Waals surface area contributed by atoms with Crippen LogP contribution in [-0.2, 0) is 0 Å². The first kappa shape index (κ1) is 12.8. The van der Waals surface area contributed by atoms with E-state index in [0.717, 1.165) is 0 Å². The second-order valence-electron chi connectivity index (χ2n) is 2.32. The highest BCUT2D eigenvalue weighted by Crippen LogP contribution is 2.06. The van der Waals surface area contributed by atoms with Gasteiger partial charge in [0, 0.05) is 31.6 Å². The Morgan fingerprint density at radius 1 is 0.700 bits per heavy atom. The van der Waals surface area contributed by atoms with Gasteiger partial charge in [-0.05, 0) is 0 Å². The summed E-state index contributed by atoms with van der Waals surface area (Å²) in [6, 6.07) is 0. The third-order valence-corrected chi connectivity index (χ3v) is 1.73. The predicted octanol–water partition coefficient (Wildman–Crippen LogP) is -1.77. The summed E-state index contributed by atoms with van der Waals surface area (Å²) in [6.07, 6.45) is 0. The highest BCUT2D eigenvalue weighted by Gasteiger charge is 2.22. The maximum atomic E-state index is 5.40. The lowest BCUT2D eigenvalue weighted by atomic mass is 9.89. The summed E-state index contributed by atoms with van der Waals surface area (Å²) in [5.74, 6) is 0. The summed E-state index contributed by atoms with van der Waals surface area (Å²) < 4.78 is 0. The van der Waals surface area contributed by atoms with Gasteiger partial charge in [-0.3, -0.25) is 0 Å². The van der Waals surface area contributed by atoms with Gasteiger partial charge in [0.15, 0.2) is 0 Å². The van der Waals surface area contributed by atoms with Gasteiger partial charge in [0.05, 0.1) is 0 Å². The average molecular weight is 169 g/mol. The third-order valence-electron chi connectivity index (χ3n) is 1.73. The lowest BCUT2D eigenvalue weighted by Gasteiger charge is -2.26. The summed E-state index contributed by atoms with van der Waals surface area (Å²) in [6.45, 7) is 1.88. The Kier molecular flexibility index (Phi) is 7.51. The van der Waals surface area contributed by atoms with Crippen molar-refractivity contribution >= 4 is 12.4 Å². The molecule has 10 heavy (non-hydrogen) atoms. The van der Waals surface area contributed by atoms with Crippen LogP contribution in [0, 0.1) is 5.41 Å². The molecule has 0 radical (unpaired) electrons. The minimum Gasteiger partial charge on any atom is -0.330 e. The van der Waals surface area contributed by atoms with Crippen LogP contribution in [0.1, 0.15) is 0 Å². The van der Waals surface area contributed by atoms with E-state index >= 15 is 0 Å². The topological polar surface area (TPSA) is 104 Å². The molecule has 0 saturated carbocycles. The minimum atomic E-state index is -0.222. The van der Waals surface area contributed by atoms with E-state index in [4.69, 9.17) is 22.9 Å². The van der Waals surface area contributed by atoms with Crippen molar-refractivity contribution in [3.63, 3.8) is 0 Å². The molecular weight excluding hydrogens is 152 g/mol. The van der Waals surface area contributed by atoms with Crippen molar-refractivity contribution in [2.24, 2.45) is 28.3 Å². The monoisotopic (exact) mass is 168 g/mol. The molecule has 0 fully saturated rings. The van der Waals surface area contributed by atoms with E-state index in [-0.39, 0.29) is 17.8 Å². The molecule has 0 unspecified atom stereocenters. The Balaban J connectivity index is 0. The standard InChI is InChI=1S/C5H16N4.ClH/c6-1-5(2-7,3-8)4-9;/h1-4,6-9H2;1H. The predicted molar refractivity (Wildman–Crippen MR) is 45.9 cm³/mol. The molecule has 0 aliphatic carbocycles. The quantitative estimate of drug-likeness (QED) is 0.399. The molecule has 0 aromatic heterocycles. The van der Waals surface area contributed by atoms with Crippen LogP contribution in [0.4, 0.5) is 0 Å². The van der Waals surface area contributed by atoms with E-state index in [1.54, 1.807) is 0 Å². The van der Waals surface area contributed by atoms with Gasteiger partial charge in [0.1, 0.15) is 0 Å². The summed E-state index contributed by atoms with van der Waals surface area (Å²) >= 11 is 0. The van der Waals surface area contributed by atoms with E-state index in [9.17, 15) is 0 Å². The summed E-state index contributed by atoms with van der Waals surface area (Å²) in [5, 5.41) is 0. The molecule has 0 saturated heterocycles. The second-order valence-corrected chi connectivity index (χ2v) is 2.32. The first-order valence-electron chi connectivity index (χ1n) is 3.05. The van der Waals surface area contributed by atoms with E-state index in [0.29, 0.717) is 26.2 Å². The van der Waals surface area contributed by atoms with E-state index < -0.39 is 0 Å². The summed E-state index contributed by atoms with van der Waals surface area (Å²) in [4.78, 5) is 0. The van der Waals surface area contributed by atoms with Crippen molar-refractivity contribution < 1.29 is 0 Å². The van der Waals surface area contributed by atoms with Gasteiger partial charge in [0.25, 0.3) is 0 Å². The lowest BCUT2D eigenvalue weighted by molar-refractivity contribution is 0.333. The second kappa shape index (κ2) is 5.88. The van der Waals surface area contributed by atoms with Crippen molar-refractivity contribution in [2.75, 3.05) is 26.2 Å². The fraction of sp³-hybridized carbons (Fsp3) is 1.00. The van der Waals surface area contributed by atoms with Crippen LogP contribution in [0.5, 0.6) is 0 Å². The van der Waals surface area contributed by atoms with Crippen LogP contribution >= 0.6 is 12.4 Å². The van der Waals surface area contributed by atoms with Crippen LogP contribution in [-0.4, -0.2) is 26.2 Å². The van der Waals surface area contributed by atoms with Crippen molar-refractivity contribution in [3.05, 3.63) is 0 Å². The van der Waals surface area contributed by atoms with E-state index in [1.807, 2.05) is 0 Å². The van der Waals surface area contributed by atoms with Gasteiger partial charge in [0.2, 0.25) is 0 Å². The fourth-order valence-corrected chi connectivity index (χ4v) is 0.500.